The van der Waals surface area contributed by atoms with Crippen LogP contribution in [-0.4, -0.2) is 59.0 Å². The number of rotatable bonds is 4. The van der Waals surface area contributed by atoms with E-state index in [4.69, 9.17) is 4.74 Å². The van der Waals surface area contributed by atoms with Crippen molar-refractivity contribution in [2.75, 3.05) is 38.2 Å². The van der Waals surface area contributed by atoms with Gasteiger partial charge in [0.25, 0.3) is 5.91 Å². The molecule has 0 aliphatic carbocycles. The summed E-state index contributed by atoms with van der Waals surface area (Å²) < 4.78 is 5.22. The monoisotopic (exact) mass is 355 g/mol. The summed E-state index contributed by atoms with van der Waals surface area (Å²) in [6.07, 6.45) is 0. The van der Waals surface area contributed by atoms with Crippen LogP contribution in [0, 0.1) is 6.92 Å². The van der Waals surface area contributed by atoms with Crippen LogP contribution in [0.3, 0.4) is 0 Å². The van der Waals surface area contributed by atoms with Gasteiger partial charge in [0, 0.05) is 43.6 Å². The van der Waals surface area contributed by atoms with Gasteiger partial charge in [-0.2, -0.15) is 4.98 Å². The van der Waals surface area contributed by atoms with Crippen molar-refractivity contribution in [1.82, 2.24) is 19.9 Å². The van der Waals surface area contributed by atoms with E-state index in [0.29, 0.717) is 49.6 Å². The number of nitrogens with zero attached hydrogens (tertiary/aromatic N) is 5. The molecule has 2 aromatic rings. The molecule has 1 aliphatic rings. The molecular weight excluding hydrogens is 330 g/mol. The highest BCUT2D eigenvalue weighted by molar-refractivity contribution is 5.92. The highest BCUT2D eigenvalue weighted by Gasteiger charge is 2.25. The van der Waals surface area contributed by atoms with Crippen molar-refractivity contribution in [2.24, 2.45) is 0 Å². The lowest BCUT2D eigenvalue weighted by atomic mass is 10.1. The number of piperazine rings is 1. The van der Waals surface area contributed by atoms with Crippen molar-refractivity contribution in [3.05, 3.63) is 41.3 Å². The zero-order valence-corrected chi connectivity index (χ0v) is 15.8. The van der Waals surface area contributed by atoms with Crippen molar-refractivity contribution in [1.29, 1.82) is 0 Å². The zero-order chi connectivity index (χ0) is 18.7. The van der Waals surface area contributed by atoms with Crippen LogP contribution < -0.4 is 9.64 Å². The van der Waals surface area contributed by atoms with Gasteiger partial charge < -0.3 is 14.5 Å². The van der Waals surface area contributed by atoms with E-state index in [2.05, 4.69) is 33.7 Å². The fourth-order valence-corrected chi connectivity index (χ4v) is 2.93. The molecule has 0 saturated carbocycles. The van der Waals surface area contributed by atoms with Crippen molar-refractivity contribution < 1.29 is 9.53 Å². The van der Waals surface area contributed by atoms with Crippen molar-refractivity contribution >= 4 is 11.9 Å². The second kappa shape index (κ2) is 7.68. The molecule has 7 heteroatoms. The number of amides is 1. The number of pyridine rings is 1. The van der Waals surface area contributed by atoms with E-state index in [-0.39, 0.29) is 5.91 Å². The lowest BCUT2D eigenvalue weighted by molar-refractivity contribution is 0.0740. The van der Waals surface area contributed by atoms with Crippen LogP contribution in [0.25, 0.3) is 0 Å². The quantitative estimate of drug-likeness (QED) is 0.838. The van der Waals surface area contributed by atoms with Gasteiger partial charge in [-0.1, -0.05) is 19.9 Å². The molecule has 0 unspecified atom stereocenters. The first-order valence-corrected chi connectivity index (χ1v) is 8.89. The molecule has 0 N–H and O–H groups in total. The molecule has 3 rings (SSSR count). The summed E-state index contributed by atoms with van der Waals surface area (Å²) in [5, 5.41) is 0. The highest BCUT2D eigenvalue weighted by Crippen LogP contribution is 2.18. The van der Waals surface area contributed by atoms with Gasteiger partial charge in [-0.05, 0) is 25.0 Å². The number of hydrogen-bond donors (Lipinski definition) is 0. The van der Waals surface area contributed by atoms with Crippen LogP contribution >= 0.6 is 0 Å². The molecule has 0 bridgehead atoms. The topological polar surface area (TPSA) is 71.5 Å². The second-order valence-corrected chi connectivity index (χ2v) is 6.73. The Hall–Kier alpha value is -2.70. The van der Waals surface area contributed by atoms with Crippen molar-refractivity contribution in [3.8, 4) is 5.88 Å². The standard InChI is InChI=1S/C19H25N5O2/c1-13(2)15-6-5-7-16(21-15)18(25)23-8-10-24(11-9-23)19-20-14(3)12-17(22-19)26-4/h5-7,12-13H,8-11H2,1-4H3. The Morgan fingerprint density at radius 2 is 1.85 bits per heavy atom. The second-order valence-electron chi connectivity index (χ2n) is 6.73. The number of ether oxygens (including phenoxy) is 1. The van der Waals surface area contributed by atoms with E-state index in [1.807, 2.05) is 24.0 Å². The summed E-state index contributed by atoms with van der Waals surface area (Å²) in [6.45, 7) is 8.67. The number of carbonyl (C=O) groups is 1. The van der Waals surface area contributed by atoms with E-state index >= 15 is 0 Å². The summed E-state index contributed by atoms with van der Waals surface area (Å²) >= 11 is 0. The number of hydrogen-bond acceptors (Lipinski definition) is 6. The van der Waals surface area contributed by atoms with E-state index in [1.165, 1.54) is 0 Å². The number of methoxy groups -OCH3 is 1. The first-order chi connectivity index (χ1) is 12.5. The molecule has 0 aromatic carbocycles. The van der Waals surface area contributed by atoms with Gasteiger partial charge in [0.05, 0.1) is 7.11 Å². The molecule has 1 aliphatic heterocycles. The molecule has 1 amide bonds. The predicted octanol–water partition coefficient (Wildman–Crippen LogP) is 2.27. The number of anilines is 1. The van der Waals surface area contributed by atoms with Gasteiger partial charge in [-0.3, -0.25) is 4.79 Å². The van der Waals surface area contributed by atoms with E-state index in [0.717, 1.165) is 11.4 Å². The van der Waals surface area contributed by atoms with Gasteiger partial charge >= 0.3 is 0 Å². The number of aryl methyl sites for hydroxylation is 1. The molecule has 1 saturated heterocycles. The number of carbonyl (C=O) groups excluding carboxylic acids is 1. The van der Waals surface area contributed by atoms with Crippen molar-refractivity contribution in [3.63, 3.8) is 0 Å². The Labute approximate surface area is 154 Å². The first kappa shape index (κ1) is 18.1. The molecule has 1 fully saturated rings. The van der Waals surface area contributed by atoms with E-state index < -0.39 is 0 Å². The lowest BCUT2D eigenvalue weighted by Gasteiger charge is -2.34. The number of aromatic nitrogens is 3. The fourth-order valence-electron chi connectivity index (χ4n) is 2.93. The summed E-state index contributed by atoms with van der Waals surface area (Å²) in [7, 11) is 1.60. The van der Waals surface area contributed by atoms with Crippen LogP contribution in [0.1, 0.15) is 41.6 Å². The van der Waals surface area contributed by atoms with Crippen LogP contribution in [0.2, 0.25) is 0 Å². The van der Waals surface area contributed by atoms with Gasteiger partial charge in [-0.15, -0.1) is 0 Å². The Balaban J connectivity index is 1.67. The fraction of sp³-hybridized carbons (Fsp3) is 0.474. The third-order valence-electron chi connectivity index (χ3n) is 4.46. The Morgan fingerprint density at radius 3 is 2.50 bits per heavy atom. The van der Waals surface area contributed by atoms with Crippen molar-refractivity contribution in [2.45, 2.75) is 26.7 Å². The molecule has 26 heavy (non-hydrogen) atoms. The van der Waals surface area contributed by atoms with Crippen LogP contribution in [0.15, 0.2) is 24.3 Å². The molecule has 0 radical (unpaired) electrons. The predicted molar refractivity (Wildman–Crippen MR) is 99.8 cm³/mol. The summed E-state index contributed by atoms with van der Waals surface area (Å²) in [4.78, 5) is 30.1. The molecule has 0 atom stereocenters. The Bertz CT molecular complexity index is 785. The summed E-state index contributed by atoms with van der Waals surface area (Å²) in [6, 6.07) is 7.45. The van der Waals surface area contributed by atoms with Crippen LogP contribution in [0.4, 0.5) is 5.95 Å². The maximum Gasteiger partial charge on any atom is 0.272 e. The third kappa shape index (κ3) is 3.92. The first-order valence-electron chi connectivity index (χ1n) is 8.89. The molecule has 7 nitrogen and oxygen atoms in total. The minimum absolute atomic E-state index is 0.0186. The largest absolute Gasteiger partial charge is 0.481 e. The summed E-state index contributed by atoms with van der Waals surface area (Å²) in [5.41, 5.74) is 2.31. The smallest absolute Gasteiger partial charge is 0.272 e. The van der Waals surface area contributed by atoms with E-state index in [9.17, 15) is 4.79 Å². The highest BCUT2D eigenvalue weighted by atomic mass is 16.5. The van der Waals surface area contributed by atoms with Crippen LogP contribution in [0.5, 0.6) is 5.88 Å². The average Bonchev–Trinajstić information content (AvgIpc) is 2.67. The zero-order valence-electron chi connectivity index (χ0n) is 15.8. The Morgan fingerprint density at radius 1 is 1.12 bits per heavy atom. The average molecular weight is 355 g/mol. The molecule has 0 spiro atoms. The third-order valence-corrected chi connectivity index (χ3v) is 4.46. The van der Waals surface area contributed by atoms with E-state index in [1.54, 1.807) is 19.2 Å². The molecule has 3 heterocycles. The lowest BCUT2D eigenvalue weighted by Crippen LogP contribution is -2.49. The van der Waals surface area contributed by atoms with Gasteiger partial charge in [0.1, 0.15) is 5.69 Å². The maximum absolute atomic E-state index is 12.8. The van der Waals surface area contributed by atoms with Crippen LogP contribution in [-0.2, 0) is 0 Å². The minimum Gasteiger partial charge on any atom is -0.481 e. The molecular formula is C19H25N5O2. The SMILES string of the molecule is COc1cc(C)nc(N2CCN(C(=O)c3cccc(C(C)C)n3)CC2)n1. The minimum atomic E-state index is -0.0186. The Kier molecular flexibility index (Phi) is 5.35. The van der Waals surface area contributed by atoms with Gasteiger partial charge in [-0.25, -0.2) is 9.97 Å². The van der Waals surface area contributed by atoms with Gasteiger partial charge in [0.15, 0.2) is 0 Å². The molecule has 138 valence electrons. The molecule has 2 aromatic heterocycles. The van der Waals surface area contributed by atoms with Gasteiger partial charge in [0.2, 0.25) is 11.8 Å². The summed E-state index contributed by atoms with van der Waals surface area (Å²) in [5.74, 6) is 1.48. The maximum atomic E-state index is 12.8. The normalized spacial score (nSPS) is 14.7.